The summed E-state index contributed by atoms with van der Waals surface area (Å²) < 4.78 is 45.2. The van der Waals surface area contributed by atoms with Gasteiger partial charge in [-0.15, -0.1) is 0 Å². The molecule has 0 unspecified atom stereocenters. The van der Waals surface area contributed by atoms with Gasteiger partial charge in [0.1, 0.15) is 23.3 Å². The number of aromatic nitrogens is 6. The molecule has 0 aliphatic heterocycles. The zero-order valence-electron chi connectivity index (χ0n) is 32.4. The highest BCUT2D eigenvalue weighted by Gasteiger charge is 2.16. The number of anilines is 2. The first-order valence-corrected chi connectivity index (χ1v) is 17.8. The van der Waals surface area contributed by atoms with E-state index in [0.29, 0.717) is 40.4 Å². The summed E-state index contributed by atoms with van der Waals surface area (Å²) >= 11 is 0. The number of benzene rings is 4. The summed E-state index contributed by atoms with van der Waals surface area (Å²) in [6.07, 6.45) is 6.48. The molecule has 0 radical (unpaired) electrons. The Kier molecular flexibility index (Phi) is 12.6. The van der Waals surface area contributed by atoms with Crippen molar-refractivity contribution in [1.29, 1.82) is 0 Å². The number of fused-ring (bicyclic) bond motifs is 2. The number of hydrogen-bond acceptors (Lipinski definition) is 8. The fourth-order valence-electron chi connectivity index (χ4n) is 5.95. The van der Waals surface area contributed by atoms with Crippen molar-refractivity contribution < 1.29 is 28.9 Å². The minimum Gasteiger partial charge on any atom is -0.384 e. The second-order valence-corrected chi connectivity index (χ2v) is 12.7. The number of pyridine rings is 2. The Bertz CT molecular complexity index is 2730. The van der Waals surface area contributed by atoms with Gasteiger partial charge >= 0.3 is 0 Å². The number of amides is 3. The molecule has 4 heterocycles. The SMILES string of the molecule is CC(=O)Nc1ccc(CNC(=O)c2cccc3c2cnn3-c2ccc(F)cc2)cn1.Nc1ccc(CNC(=O)c2cccc3c2cnn3-c2ccc(F)cc2)cn1.[2H]CF. The van der Waals surface area contributed by atoms with Crippen LogP contribution in [0.15, 0.2) is 134 Å². The molecule has 3 amide bonds. The van der Waals surface area contributed by atoms with Crippen molar-refractivity contribution in [3.63, 3.8) is 0 Å². The van der Waals surface area contributed by atoms with Crippen molar-refractivity contribution in [3.05, 3.63) is 168 Å². The Labute approximate surface area is 337 Å². The van der Waals surface area contributed by atoms with Crippen molar-refractivity contribution in [2.75, 3.05) is 18.2 Å². The summed E-state index contributed by atoms with van der Waals surface area (Å²) in [5.41, 5.74) is 11.2. The molecule has 4 aromatic carbocycles. The molecule has 5 N–H and O–H groups in total. The molecule has 59 heavy (non-hydrogen) atoms. The van der Waals surface area contributed by atoms with Gasteiger partial charge in [0.05, 0.1) is 54.5 Å². The predicted molar refractivity (Wildman–Crippen MR) is 219 cm³/mol. The molecule has 0 saturated carbocycles. The average molecular weight is 800 g/mol. The Hall–Kier alpha value is -7.88. The van der Waals surface area contributed by atoms with Crippen molar-refractivity contribution in [2.45, 2.75) is 20.0 Å². The second-order valence-electron chi connectivity index (χ2n) is 12.7. The lowest BCUT2D eigenvalue weighted by Gasteiger charge is -2.08. The summed E-state index contributed by atoms with van der Waals surface area (Å²) in [5.74, 6) is -0.403. The van der Waals surface area contributed by atoms with Gasteiger partial charge in [-0.2, -0.15) is 10.2 Å². The van der Waals surface area contributed by atoms with Crippen molar-refractivity contribution in [3.8, 4) is 11.4 Å². The van der Waals surface area contributed by atoms with Crippen LogP contribution in [-0.2, 0) is 17.9 Å². The van der Waals surface area contributed by atoms with Crippen LogP contribution in [0.5, 0.6) is 0 Å². The summed E-state index contributed by atoms with van der Waals surface area (Å²) in [6, 6.07) is 29.8. The molecular weight excluding hydrogens is 762 g/mol. The van der Waals surface area contributed by atoms with Gasteiger partial charge in [-0.1, -0.05) is 24.3 Å². The highest BCUT2D eigenvalue weighted by Crippen LogP contribution is 2.24. The van der Waals surface area contributed by atoms with E-state index in [1.54, 1.807) is 101 Å². The van der Waals surface area contributed by atoms with Crippen molar-refractivity contribution in [1.82, 2.24) is 40.2 Å². The second kappa shape index (κ2) is 18.8. The molecule has 0 saturated heterocycles. The number of alkyl halides is 1. The number of carbonyl (C=O) groups excluding carboxylic acids is 3. The van der Waals surface area contributed by atoms with Gasteiger partial charge in [0.2, 0.25) is 5.91 Å². The van der Waals surface area contributed by atoms with Crippen LogP contribution >= 0.6 is 0 Å². The summed E-state index contributed by atoms with van der Waals surface area (Å²) in [5, 5.41) is 18.5. The molecule has 0 atom stereocenters. The Morgan fingerprint density at radius 2 is 1.10 bits per heavy atom. The zero-order valence-corrected chi connectivity index (χ0v) is 31.4. The lowest BCUT2D eigenvalue weighted by Crippen LogP contribution is -2.23. The molecule has 8 aromatic rings. The maximum absolute atomic E-state index is 13.2. The first-order chi connectivity index (χ1) is 29.0. The number of nitrogens with one attached hydrogen (secondary N) is 3. The number of nitrogen functional groups attached to an aromatic ring is 1. The maximum atomic E-state index is 13.2. The molecule has 0 fully saturated rings. The molecule has 298 valence electrons. The molecule has 13 nitrogen and oxygen atoms in total. The molecule has 0 aliphatic rings. The highest BCUT2D eigenvalue weighted by atomic mass is 19.1. The number of nitrogens with zero attached hydrogens (tertiary/aromatic N) is 6. The Morgan fingerprint density at radius 1 is 0.644 bits per heavy atom. The Balaban J connectivity index is 0.000000190. The molecular formula is C43H37F3N10O3. The van der Waals surface area contributed by atoms with Gasteiger partial charge in [0.25, 0.3) is 11.8 Å². The fraction of sp³-hybridized carbons (Fsp3) is 0.0930. The van der Waals surface area contributed by atoms with Crippen LogP contribution < -0.4 is 21.7 Å². The third-order valence-corrected chi connectivity index (χ3v) is 8.74. The smallest absolute Gasteiger partial charge is 0.252 e. The summed E-state index contributed by atoms with van der Waals surface area (Å²) in [6.45, 7) is 2.04. The van der Waals surface area contributed by atoms with Crippen LogP contribution in [0.4, 0.5) is 24.8 Å². The van der Waals surface area contributed by atoms with E-state index in [1.165, 1.54) is 31.2 Å². The normalized spacial score (nSPS) is 10.7. The molecule has 8 rings (SSSR count). The minimum atomic E-state index is -1.00. The van der Waals surface area contributed by atoms with Crippen LogP contribution in [0.2, 0.25) is 0 Å². The van der Waals surface area contributed by atoms with Crippen molar-refractivity contribution in [2.24, 2.45) is 0 Å². The van der Waals surface area contributed by atoms with Crippen LogP contribution in [-0.4, -0.2) is 54.4 Å². The van der Waals surface area contributed by atoms with E-state index in [0.717, 1.165) is 33.2 Å². The van der Waals surface area contributed by atoms with E-state index >= 15 is 0 Å². The van der Waals surface area contributed by atoms with E-state index in [-0.39, 0.29) is 35.9 Å². The third kappa shape index (κ3) is 9.93. The van der Waals surface area contributed by atoms with Gasteiger partial charge in [0.15, 0.2) is 0 Å². The first kappa shape index (κ1) is 39.4. The van der Waals surface area contributed by atoms with E-state index in [9.17, 15) is 27.6 Å². The van der Waals surface area contributed by atoms with Crippen LogP contribution in [0.3, 0.4) is 0 Å². The first-order valence-electron chi connectivity index (χ1n) is 18.5. The summed E-state index contributed by atoms with van der Waals surface area (Å²) in [7, 11) is -1.00. The molecule has 0 spiro atoms. The quantitative estimate of drug-likeness (QED) is 0.120. The lowest BCUT2D eigenvalue weighted by atomic mass is 10.1. The van der Waals surface area contributed by atoms with E-state index in [2.05, 4.69) is 36.1 Å². The van der Waals surface area contributed by atoms with Gasteiger partial charge in [0, 0.05) is 43.2 Å². The van der Waals surface area contributed by atoms with Gasteiger partial charge < -0.3 is 21.7 Å². The maximum Gasteiger partial charge on any atom is 0.252 e. The molecule has 0 aliphatic carbocycles. The van der Waals surface area contributed by atoms with Gasteiger partial charge in [-0.05, 0) is 96.1 Å². The number of carbonyl (C=O) groups is 3. The fourth-order valence-corrected chi connectivity index (χ4v) is 5.95. The van der Waals surface area contributed by atoms with E-state index in [1.807, 2.05) is 18.2 Å². The van der Waals surface area contributed by atoms with Crippen LogP contribution in [0, 0.1) is 11.6 Å². The predicted octanol–water partition coefficient (Wildman–Crippen LogP) is 7.11. The van der Waals surface area contributed by atoms with Crippen LogP contribution in [0.25, 0.3) is 33.2 Å². The standard InChI is InChI=1S/C22H18FN5O2.C20H16FN5O.CH3F/c1-14(29)27-21-10-5-15(11-24-21)12-25-22(30)18-3-2-4-20-19(18)13-26-28(20)17-8-6-16(23)7-9-17;21-14-5-7-15(8-6-14)26-18-3-1-2-16(17(18)12-25-26)20(27)24-11-13-4-9-19(22)23-10-13;1-2/h2-11,13H,12H2,1H3,(H,25,30)(H,24,27,29);1-10,12H,11H2,(H2,22,23)(H,24,27);1H3/i;;1D. The topological polar surface area (TPSA) is 175 Å². The largest absolute Gasteiger partial charge is 0.384 e. The third-order valence-electron chi connectivity index (χ3n) is 8.74. The lowest BCUT2D eigenvalue weighted by molar-refractivity contribution is -0.114. The van der Waals surface area contributed by atoms with E-state index < -0.39 is 7.15 Å². The molecule has 16 heteroatoms. The monoisotopic (exact) mass is 799 g/mol. The van der Waals surface area contributed by atoms with Gasteiger partial charge in [-0.25, -0.2) is 28.1 Å². The Morgan fingerprint density at radius 3 is 1.51 bits per heavy atom. The number of rotatable bonds is 9. The molecule has 0 bridgehead atoms. The summed E-state index contributed by atoms with van der Waals surface area (Å²) in [4.78, 5) is 44.6. The average Bonchev–Trinajstić information content (AvgIpc) is 3.89. The number of hydrogen-bond donors (Lipinski definition) is 4. The van der Waals surface area contributed by atoms with Gasteiger partial charge in [-0.3, -0.25) is 18.8 Å². The minimum absolute atomic E-state index is 0.196. The number of halogens is 3. The highest BCUT2D eigenvalue weighted by molar-refractivity contribution is 6.07. The molecule has 4 aromatic heterocycles. The van der Waals surface area contributed by atoms with Crippen LogP contribution in [0.1, 0.15) is 40.1 Å². The van der Waals surface area contributed by atoms with Crippen molar-refractivity contribution >= 4 is 51.2 Å². The zero-order chi connectivity index (χ0) is 42.6. The van der Waals surface area contributed by atoms with E-state index in [4.69, 9.17) is 7.10 Å². The number of nitrogens with two attached hydrogens (primary N) is 1.